The van der Waals surface area contributed by atoms with Crippen LogP contribution in [0.5, 0.6) is 0 Å². The van der Waals surface area contributed by atoms with Crippen molar-refractivity contribution in [1.29, 1.82) is 0 Å². The number of alkyl halides is 3. The second-order valence-electron chi connectivity index (χ2n) is 9.04. The molecule has 12 heteroatoms. The van der Waals surface area contributed by atoms with Crippen LogP contribution in [0, 0.1) is 0 Å². The van der Waals surface area contributed by atoms with E-state index in [1.54, 1.807) is 24.3 Å². The Bertz CT molecular complexity index is 1580. The standard InChI is InChI=1S/C25H21ClF3N3O3S2/c1-24(33,25(27,28)29)15-9-11-30-19(13-15)17-5-2-4-14-12-20(36-23(14)17)22(21-18(26)6-3-10-31-21)32-37(34,35)16-7-8-16/h2-6,9-13,16,22,32-33H,7-8H2,1H3/t22?,24-/m1/s1. The summed E-state index contributed by atoms with van der Waals surface area (Å²) in [4.78, 5) is 9.20. The van der Waals surface area contributed by atoms with Crippen LogP contribution < -0.4 is 4.72 Å². The molecule has 4 aromatic rings. The van der Waals surface area contributed by atoms with Crippen LogP contribution in [0.2, 0.25) is 5.02 Å². The molecule has 1 aliphatic carbocycles. The molecule has 1 unspecified atom stereocenters. The normalized spacial score (nSPS) is 17.0. The van der Waals surface area contributed by atoms with Crippen LogP contribution in [0.3, 0.4) is 0 Å². The highest BCUT2D eigenvalue weighted by Crippen LogP contribution is 2.42. The van der Waals surface area contributed by atoms with Gasteiger partial charge in [0.25, 0.3) is 0 Å². The van der Waals surface area contributed by atoms with Gasteiger partial charge in [0.05, 0.1) is 27.7 Å². The average molecular weight is 568 g/mol. The minimum Gasteiger partial charge on any atom is -0.376 e. The number of rotatable bonds is 7. The Morgan fingerprint density at radius 2 is 1.86 bits per heavy atom. The van der Waals surface area contributed by atoms with E-state index in [1.165, 1.54) is 29.8 Å². The van der Waals surface area contributed by atoms with Crippen LogP contribution in [0.4, 0.5) is 13.2 Å². The highest BCUT2D eigenvalue weighted by Gasteiger charge is 2.51. The van der Waals surface area contributed by atoms with Gasteiger partial charge < -0.3 is 5.11 Å². The molecule has 0 aliphatic heterocycles. The molecule has 3 aromatic heterocycles. The maximum atomic E-state index is 13.4. The third kappa shape index (κ3) is 4.98. The van der Waals surface area contributed by atoms with E-state index in [1.807, 2.05) is 12.1 Å². The molecule has 0 saturated heterocycles. The van der Waals surface area contributed by atoms with Gasteiger partial charge in [0.15, 0.2) is 5.60 Å². The number of nitrogens with one attached hydrogen (secondary N) is 1. The van der Waals surface area contributed by atoms with Crippen LogP contribution in [0.1, 0.15) is 41.9 Å². The first-order valence-corrected chi connectivity index (χ1v) is 14.0. The number of hydrogen-bond donors (Lipinski definition) is 2. The molecule has 3 heterocycles. The summed E-state index contributed by atoms with van der Waals surface area (Å²) in [6.07, 6.45) is -0.961. The SMILES string of the molecule is C[C@@](O)(c1ccnc(-c2cccc3cc(C(NS(=O)(=O)C4CC4)c4ncccc4Cl)sc23)c1)C(F)(F)F. The van der Waals surface area contributed by atoms with Crippen LogP contribution in [-0.4, -0.2) is 34.9 Å². The van der Waals surface area contributed by atoms with E-state index in [9.17, 15) is 26.7 Å². The summed E-state index contributed by atoms with van der Waals surface area (Å²) >= 11 is 7.67. The highest BCUT2D eigenvalue weighted by molar-refractivity contribution is 7.90. The van der Waals surface area contributed by atoms with Crippen molar-refractivity contribution in [3.8, 4) is 11.3 Å². The summed E-state index contributed by atoms with van der Waals surface area (Å²) in [7, 11) is -3.62. The van der Waals surface area contributed by atoms with Crippen molar-refractivity contribution >= 4 is 43.0 Å². The quantitative estimate of drug-likeness (QED) is 0.288. The Kier molecular flexibility index (Phi) is 6.56. The van der Waals surface area contributed by atoms with Crippen molar-refractivity contribution < 1.29 is 26.7 Å². The molecule has 37 heavy (non-hydrogen) atoms. The summed E-state index contributed by atoms with van der Waals surface area (Å²) in [6, 6.07) is 11.8. The summed E-state index contributed by atoms with van der Waals surface area (Å²) < 4.78 is 69.5. The number of halogens is 4. The molecule has 0 amide bonds. The van der Waals surface area contributed by atoms with E-state index in [-0.39, 0.29) is 11.3 Å². The fourth-order valence-electron chi connectivity index (χ4n) is 3.97. The summed E-state index contributed by atoms with van der Waals surface area (Å²) in [6.45, 7) is 0.698. The van der Waals surface area contributed by atoms with E-state index in [4.69, 9.17) is 11.6 Å². The van der Waals surface area contributed by atoms with E-state index in [0.717, 1.165) is 11.5 Å². The lowest BCUT2D eigenvalue weighted by molar-refractivity contribution is -0.258. The first-order valence-electron chi connectivity index (χ1n) is 11.3. The number of aliphatic hydroxyl groups is 1. The van der Waals surface area contributed by atoms with Crippen LogP contribution in [0.25, 0.3) is 21.3 Å². The van der Waals surface area contributed by atoms with Crippen molar-refractivity contribution in [3.05, 3.63) is 82.1 Å². The van der Waals surface area contributed by atoms with Crippen molar-refractivity contribution in [2.45, 2.75) is 42.8 Å². The summed E-state index contributed by atoms with van der Waals surface area (Å²) in [5.74, 6) is 0. The zero-order chi connectivity index (χ0) is 26.6. The molecule has 194 valence electrons. The Labute approximate surface area is 220 Å². The van der Waals surface area contributed by atoms with E-state index >= 15 is 0 Å². The molecular formula is C25H21ClF3N3O3S2. The largest absolute Gasteiger partial charge is 0.421 e. The monoisotopic (exact) mass is 567 g/mol. The number of aromatic nitrogens is 2. The number of thiophene rings is 1. The summed E-state index contributed by atoms with van der Waals surface area (Å²) in [5, 5.41) is 10.7. The van der Waals surface area contributed by atoms with Gasteiger partial charge in [-0.05, 0) is 61.0 Å². The van der Waals surface area contributed by atoms with Gasteiger partial charge in [0, 0.05) is 27.5 Å². The van der Waals surface area contributed by atoms with Gasteiger partial charge in [0.2, 0.25) is 10.0 Å². The van der Waals surface area contributed by atoms with Gasteiger partial charge in [-0.15, -0.1) is 11.3 Å². The molecule has 0 radical (unpaired) electrons. The lowest BCUT2D eigenvalue weighted by atomic mass is 9.94. The first-order chi connectivity index (χ1) is 17.4. The predicted molar refractivity (Wildman–Crippen MR) is 137 cm³/mol. The Morgan fingerprint density at radius 1 is 1.11 bits per heavy atom. The molecule has 1 aliphatic rings. The number of benzene rings is 1. The predicted octanol–water partition coefficient (Wildman–Crippen LogP) is 5.95. The molecule has 5 rings (SSSR count). The van der Waals surface area contributed by atoms with E-state index < -0.39 is 33.1 Å². The highest BCUT2D eigenvalue weighted by atomic mass is 35.5. The third-order valence-electron chi connectivity index (χ3n) is 6.30. The van der Waals surface area contributed by atoms with Crippen LogP contribution in [0.15, 0.2) is 60.9 Å². The lowest BCUT2D eigenvalue weighted by Gasteiger charge is -2.26. The smallest absolute Gasteiger partial charge is 0.376 e. The van der Waals surface area contributed by atoms with Crippen molar-refractivity contribution in [3.63, 3.8) is 0 Å². The average Bonchev–Trinajstić information content (AvgIpc) is 3.62. The fraction of sp³-hybridized carbons (Fsp3) is 0.280. The third-order valence-corrected chi connectivity index (χ3v) is 9.79. The molecule has 0 spiro atoms. The minimum absolute atomic E-state index is 0.243. The number of fused-ring (bicyclic) bond motifs is 1. The van der Waals surface area contributed by atoms with Gasteiger partial charge in [0.1, 0.15) is 0 Å². The molecule has 2 atom stereocenters. The second kappa shape index (κ2) is 9.32. The van der Waals surface area contributed by atoms with Crippen molar-refractivity contribution in [1.82, 2.24) is 14.7 Å². The lowest BCUT2D eigenvalue weighted by Crippen LogP contribution is -2.39. The van der Waals surface area contributed by atoms with Gasteiger partial charge in [-0.25, -0.2) is 13.1 Å². The van der Waals surface area contributed by atoms with Gasteiger partial charge in [-0.1, -0.05) is 29.8 Å². The van der Waals surface area contributed by atoms with Crippen molar-refractivity contribution in [2.24, 2.45) is 0 Å². The zero-order valence-corrected chi connectivity index (χ0v) is 21.7. The second-order valence-corrected chi connectivity index (χ2v) is 12.5. The number of sulfonamides is 1. The minimum atomic E-state index is -4.87. The molecule has 6 nitrogen and oxygen atoms in total. The molecule has 1 fully saturated rings. The number of hydrogen-bond acceptors (Lipinski definition) is 6. The van der Waals surface area contributed by atoms with Gasteiger partial charge >= 0.3 is 6.18 Å². The van der Waals surface area contributed by atoms with Crippen molar-refractivity contribution in [2.75, 3.05) is 0 Å². The van der Waals surface area contributed by atoms with E-state index in [0.29, 0.717) is 45.6 Å². The maximum absolute atomic E-state index is 13.4. The molecule has 0 bridgehead atoms. The number of nitrogens with zero attached hydrogens (tertiary/aromatic N) is 2. The summed E-state index contributed by atoms with van der Waals surface area (Å²) in [5.41, 5.74) is -2.25. The van der Waals surface area contributed by atoms with Crippen LogP contribution >= 0.6 is 22.9 Å². The molecular weight excluding hydrogens is 547 g/mol. The fourth-order valence-corrected chi connectivity index (χ4v) is 7.03. The Balaban J connectivity index is 1.62. The molecule has 1 saturated carbocycles. The van der Waals surface area contributed by atoms with Gasteiger partial charge in [-0.3, -0.25) is 9.97 Å². The van der Waals surface area contributed by atoms with Gasteiger partial charge in [-0.2, -0.15) is 13.2 Å². The Hall–Kier alpha value is -2.57. The molecule has 1 aromatic carbocycles. The number of pyridine rings is 2. The molecule has 2 N–H and O–H groups in total. The zero-order valence-electron chi connectivity index (χ0n) is 19.3. The maximum Gasteiger partial charge on any atom is 0.421 e. The van der Waals surface area contributed by atoms with E-state index in [2.05, 4.69) is 14.7 Å². The van der Waals surface area contributed by atoms with Crippen LogP contribution in [-0.2, 0) is 15.6 Å². The topological polar surface area (TPSA) is 92.2 Å². The Morgan fingerprint density at radius 3 is 2.54 bits per heavy atom. The first kappa shape index (κ1) is 26.1.